The van der Waals surface area contributed by atoms with Gasteiger partial charge in [-0.25, -0.2) is 8.42 Å². The van der Waals surface area contributed by atoms with Gasteiger partial charge in [-0.15, -0.1) is 0 Å². The largest absolute Gasteiger partial charge is 0.342 e. The van der Waals surface area contributed by atoms with E-state index >= 15 is 0 Å². The Labute approximate surface area is 143 Å². The molecule has 1 N–H and O–H groups in total. The van der Waals surface area contributed by atoms with Crippen molar-refractivity contribution in [1.29, 1.82) is 0 Å². The Morgan fingerprint density at radius 1 is 1.25 bits per heavy atom. The van der Waals surface area contributed by atoms with Crippen LogP contribution in [0.15, 0.2) is 34.2 Å². The lowest BCUT2D eigenvalue weighted by molar-refractivity contribution is -0.133. The van der Waals surface area contributed by atoms with Gasteiger partial charge in [0.05, 0.1) is 11.4 Å². The third-order valence-corrected chi connectivity index (χ3v) is 5.88. The molecule has 2 unspecified atom stereocenters. The maximum atomic E-state index is 12.4. The summed E-state index contributed by atoms with van der Waals surface area (Å²) in [6.07, 6.45) is 1.46. The molecule has 0 bridgehead atoms. The Kier molecular flexibility index (Phi) is 4.62. The Morgan fingerprint density at radius 3 is 2.62 bits per heavy atom. The quantitative estimate of drug-likeness (QED) is 0.901. The van der Waals surface area contributed by atoms with Crippen LogP contribution in [-0.4, -0.2) is 44.7 Å². The van der Waals surface area contributed by atoms with Crippen molar-refractivity contribution in [3.63, 3.8) is 0 Å². The molecule has 1 amide bonds. The second kappa shape index (κ2) is 6.55. The van der Waals surface area contributed by atoms with E-state index in [1.807, 2.05) is 4.90 Å². The van der Waals surface area contributed by atoms with Gasteiger partial charge in [-0.05, 0) is 30.4 Å². The van der Waals surface area contributed by atoms with Gasteiger partial charge in [0, 0.05) is 25.1 Å². The van der Waals surface area contributed by atoms with Gasteiger partial charge in [-0.3, -0.25) is 14.5 Å². The molecule has 0 spiro atoms. The molecule has 2 aliphatic rings. The SMILES string of the molecule is CC1CC(C)CN(C(=O)CCN=C2NS(=O)(=O)c3ccccc32)C1. The molecule has 2 atom stereocenters. The van der Waals surface area contributed by atoms with Crippen LogP contribution in [0.3, 0.4) is 0 Å². The summed E-state index contributed by atoms with van der Waals surface area (Å²) >= 11 is 0. The highest BCUT2D eigenvalue weighted by Gasteiger charge is 2.30. The Bertz CT molecular complexity index is 763. The van der Waals surface area contributed by atoms with Crippen molar-refractivity contribution in [3.8, 4) is 0 Å². The number of piperidine rings is 1. The van der Waals surface area contributed by atoms with Crippen molar-refractivity contribution in [3.05, 3.63) is 29.8 Å². The van der Waals surface area contributed by atoms with Gasteiger partial charge in [0.2, 0.25) is 5.91 Å². The standard InChI is InChI=1S/C17H23N3O3S/c1-12-9-13(2)11-20(10-12)16(21)7-8-18-17-14-5-3-4-6-15(14)24(22,23)19-17/h3-6,12-13H,7-11H2,1-2H3,(H,18,19). The van der Waals surface area contributed by atoms with Crippen molar-refractivity contribution >= 4 is 21.8 Å². The molecule has 6 nitrogen and oxygen atoms in total. The average molecular weight is 349 g/mol. The van der Waals surface area contributed by atoms with Gasteiger partial charge < -0.3 is 4.90 Å². The molecular formula is C17H23N3O3S. The van der Waals surface area contributed by atoms with Crippen LogP contribution in [0.2, 0.25) is 0 Å². The maximum Gasteiger partial charge on any atom is 0.263 e. The van der Waals surface area contributed by atoms with E-state index in [9.17, 15) is 13.2 Å². The Balaban J connectivity index is 1.64. The number of carbonyl (C=O) groups is 1. The molecule has 24 heavy (non-hydrogen) atoms. The lowest BCUT2D eigenvalue weighted by Gasteiger charge is -2.35. The van der Waals surface area contributed by atoms with Crippen LogP contribution < -0.4 is 4.72 Å². The number of fused-ring (bicyclic) bond motifs is 1. The van der Waals surface area contributed by atoms with Gasteiger partial charge >= 0.3 is 0 Å². The average Bonchev–Trinajstić information content (AvgIpc) is 2.78. The fraction of sp³-hybridized carbons (Fsp3) is 0.529. The van der Waals surface area contributed by atoms with Gasteiger partial charge in [0.1, 0.15) is 5.84 Å². The topological polar surface area (TPSA) is 78.8 Å². The maximum absolute atomic E-state index is 12.4. The zero-order valence-corrected chi connectivity index (χ0v) is 14.8. The van der Waals surface area contributed by atoms with Crippen molar-refractivity contribution in [1.82, 2.24) is 9.62 Å². The molecule has 2 aliphatic heterocycles. The van der Waals surface area contributed by atoms with Crippen molar-refractivity contribution in [2.45, 2.75) is 31.6 Å². The van der Waals surface area contributed by atoms with E-state index < -0.39 is 10.0 Å². The zero-order valence-electron chi connectivity index (χ0n) is 14.0. The molecule has 1 saturated heterocycles. The number of amidine groups is 1. The van der Waals surface area contributed by atoms with Crippen LogP contribution in [0.1, 0.15) is 32.3 Å². The number of likely N-dealkylation sites (tertiary alicyclic amines) is 1. The molecule has 1 aromatic carbocycles. The molecule has 0 radical (unpaired) electrons. The van der Waals surface area contributed by atoms with Crippen LogP contribution in [0, 0.1) is 11.8 Å². The predicted molar refractivity (Wildman–Crippen MR) is 92.3 cm³/mol. The summed E-state index contributed by atoms with van der Waals surface area (Å²) in [5, 5.41) is 0. The predicted octanol–water partition coefficient (Wildman–Crippen LogP) is 1.62. The van der Waals surface area contributed by atoms with E-state index in [2.05, 4.69) is 23.6 Å². The number of amides is 1. The van der Waals surface area contributed by atoms with E-state index in [1.165, 1.54) is 0 Å². The minimum absolute atomic E-state index is 0.0897. The van der Waals surface area contributed by atoms with Crippen molar-refractivity contribution in [2.24, 2.45) is 16.8 Å². The lowest BCUT2D eigenvalue weighted by atomic mass is 9.92. The fourth-order valence-electron chi connectivity index (χ4n) is 3.54. The normalized spacial score (nSPS) is 26.9. The van der Waals surface area contributed by atoms with Crippen LogP contribution in [-0.2, 0) is 14.8 Å². The summed E-state index contributed by atoms with van der Waals surface area (Å²) in [6, 6.07) is 6.74. The van der Waals surface area contributed by atoms with Crippen LogP contribution >= 0.6 is 0 Å². The molecule has 130 valence electrons. The highest BCUT2D eigenvalue weighted by atomic mass is 32.2. The number of aliphatic imine (C=N–C) groups is 1. The van der Waals surface area contributed by atoms with E-state index in [0.29, 0.717) is 29.7 Å². The number of sulfonamides is 1. The van der Waals surface area contributed by atoms with E-state index in [0.717, 1.165) is 19.5 Å². The number of hydrogen-bond acceptors (Lipinski definition) is 4. The molecular weight excluding hydrogens is 326 g/mol. The first-order valence-electron chi connectivity index (χ1n) is 8.31. The monoisotopic (exact) mass is 349 g/mol. The number of nitrogens with zero attached hydrogens (tertiary/aromatic N) is 2. The van der Waals surface area contributed by atoms with E-state index in [4.69, 9.17) is 0 Å². The third kappa shape index (κ3) is 3.45. The number of rotatable bonds is 3. The lowest BCUT2D eigenvalue weighted by Crippen LogP contribution is -2.42. The summed E-state index contributed by atoms with van der Waals surface area (Å²) in [7, 11) is -3.52. The van der Waals surface area contributed by atoms with Crippen LogP contribution in [0.5, 0.6) is 0 Å². The summed E-state index contributed by atoms with van der Waals surface area (Å²) in [5.74, 6) is 1.47. The highest BCUT2D eigenvalue weighted by molar-refractivity contribution is 7.90. The molecule has 0 aromatic heterocycles. The number of nitrogens with one attached hydrogen (secondary N) is 1. The van der Waals surface area contributed by atoms with E-state index in [1.54, 1.807) is 24.3 Å². The Hall–Kier alpha value is -1.89. The Morgan fingerprint density at radius 2 is 1.92 bits per heavy atom. The first kappa shape index (κ1) is 17.0. The minimum Gasteiger partial charge on any atom is -0.342 e. The molecule has 1 aromatic rings. The van der Waals surface area contributed by atoms with Gasteiger partial charge in [0.25, 0.3) is 10.0 Å². The molecule has 2 heterocycles. The first-order valence-corrected chi connectivity index (χ1v) is 9.79. The summed E-state index contributed by atoms with van der Waals surface area (Å²) in [4.78, 5) is 18.8. The fourth-order valence-corrected chi connectivity index (χ4v) is 4.79. The first-order chi connectivity index (χ1) is 11.4. The zero-order chi connectivity index (χ0) is 17.3. The molecule has 3 rings (SSSR count). The van der Waals surface area contributed by atoms with Gasteiger partial charge in [-0.1, -0.05) is 26.0 Å². The van der Waals surface area contributed by atoms with Crippen molar-refractivity contribution < 1.29 is 13.2 Å². The highest BCUT2D eigenvalue weighted by Crippen LogP contribution is 2.23. The molecule has 1 fully saturated rings. The number of carbonyl (C=O) groups excluding carboxylic acids is 1. The molecule has 0 saturated carbocycles. The second-order valence-corrected chi connectivity index (χ2v) is 8.48. The third-order valence-electron chi connectivity index (χ3n) is 4.48. The molecule has 0 aliphatic carbocycles. The van der Waals surface area contributed by atoms with Crippen LogP contribution in [0.4, 0.5) is 0 Å². The summed E-state index contributed by atoms with van der Waals surface area (Å²) < 4.78 is 26.5. The van der Waals surface area contributed by atoms with Crippen LogP contribution in [0.25, 0.3) is 0 Å². The van der Waals surface area contributed by atoms with Gasteiger partial charge in [0.15, 0.2) is 0 Å². The number of benzene rings is 1. The number of hydrogen-bond donors (Lipinski definition) is 1. The minimum atomic E-state index is -3.52. The van der Waals surface area contributed by atoms with E-state index in [-0.39, 0.29) is 17.3 Å². The second-order valence-electron chi connectivity index (χ2n) is 6.83. The van der Waals surface area contributed by atoms with Gasteiger partial charge in [-0.2, -0.15) is 0 Å². The summed E-state index contributed by atoms with van der Waals surface area (Å²) in [5.41, 5.74) is 0.574. The smallest absolute Gasteiger partial charge is 0.263 e. The molecule has 7 heteroatoms. The van der Waals surface area contributed by atoms with Crippen molar-refractivity contribution in [2.75, 3.05) is 19.6 Å². The summed E-state index contributed by atoms with van der Waals surface area (Å²) in [6.45, 7) is 6.22.